The van der Waals surface area contributed by atoms with Gasteiger partial charge in [0.15, 0.2) is 0 Å². The first-order chi connectivity index (χ1) is 17.8. The van der Waals surface area contributed by atoms with Gasteiger partial charge in [0.2, 0.25) is 0 Å². The van der Waals surface area contributed by atoms with Gasteiger partial charge in [-0.3, -0.25) is 14.4 Å². The number of carbonyl (C=O) groups is 3. The molecule has 1 fully saturated rings. The average molecular weight is 503 g/mol. The monoisotopic (exact) mass is 502 g/mol. The van der Waals surface area contributed by atoms with Crippen molar-refractivity contribution in [3.8, 4) is 0 Å². The molecule has 2 amide bonds. The maximum atomic E-state index is 12.8. The summed E-state index contributed by atoms with van der Waals surface area (Å²) in [5.74, 6) is -1.35. The maximum absolute atomic E-state index is 12.8. The molecule has 0 saturated carbocycles. The van der Waals surface area contributed by atoms with Gasteiger partial charge in [-0.2, -0.15) is 0 Å². The number of aromatic nitrogens is 1. The van der Waals surface area contributed by atoms with Gasteiger partial charge in [-0.25, -0.2) is 0 Å². The highest BCUT2D eigenvalue weighted by Crippen LogP contribution is 2.36. The van der Waals surface area contributed by atoms with E-state index in [0.717, 1.165) is 18.5 Å². The molecule has 2 unspecified atom stereocenters. The molecule has 0 radical (unpaired) electrons. The molecule has 3 aliphatic rings. The fourth-order valence-corrected chi connectivity index (χ4v) is 5.50. The van der Waals surface area contributed by atoms with E-state index in [-0.39, 0.29) is 5.91 Å². The van der Waals surface area contributed by atoms with Crippen molar-refractivity contribution in [2.24, 2.45) is 5.92 Å². The van der Waals surface area contributed by atoms with Crippen LogP contribution >= 0.6 is 0 Å². The highest BCUT2D eigenvalue weighted by molar-refractivity contribution is 6.35. The Hall–Kier alpha value is -3.65. The molecule has 2 atom stereocenters. The van der Waals surface area contributed by atoms with Crippen molar-refractivity contribution in [1.29, 1.82) is 0 Å². The SMILES string of the molecule is CC1Cc2[nH]c(/C=C3\C(=O)Nc4cc(C(=O)NC(C)C(=O)O)ccc43)cc2C=C1CCCN1CCCC1. The van der Waals surface area contributed by atoms with Gasteiger partial charge in [0.25, 0.3) is 11.8 Å². The number of rotatable bonds is 8. The Bertz CT molecular complexity index is 1300. The Morgan fingerprint density at radius 3 is 2.78 bits per heavy atom. The van der Waals surface area contributed by atoms with Gasteiger partial charge in [0.05, 0.1) is 5.57 Å². The highest BCUT2D eigenvalue weighted by atomic mass is 16.4. The number of anilines is 1. The Morgan fingerprint density at radius 1 is 1.24 bits per heavy atom. The number of hydrogen-bond acceptors (Lipinski definition) is 4. The maximum Gasteiger partial charge on any atom is 0.325 e. The smallest absolute Gasteiger partial charge is 0.325 e. The van der Waals surface area contributed by atoms with Crippen molar-refractivity contribution in [1.82, 2.24) is 15.2 Å². The van der Waals surface area contributed by atoms with Crippen molar-refractivity contribution in [2.75, 3.05) is 25.0 Å². The van der Waals surface area contributed by atoms with Gasteiger partial charge < -0.3 is 25.6 Å². The number of likely N-dealkylation sites (tertiary alicyclic amines) is 1. The molecule has 1 aromatic carbocycles. The van der Waals surface area contributed by atoms with Crippen LogP contribution in [0, 0.1) is 5.92 Å². The number of nitrogens with zero attached hydrogens (tertiary/aromatic N) is 1. The quantitative estimate of drug-likeness (QED) is 0.405. The van der Waals surface area contributed by atoms with E-state index in [1.54, 1.807) is 18.2 Å². The summed E-state index contributed by atoms with van der Waals surface area (Å²) in [4.78, 5) is 42.3. The third kappa shape index (κ3) is 5.39. The lowest BCUT2D eigenvalue weighted by atomic mass is 9.86. The van der Waals surface area contributed by atoms with E-state index in [2.05, 4.69) is 39.6 Å². The summed E-state index contributed by atoms with van der Waals surface area (Å²) in [5.41, 5.74) is 6.84. The van der Waals surface area contributed by atoms with Crippen LogP contribution in [0.2, 0.25) is 0 Å². The van der Waals surface area contributed by atoms with E-state index < -0.39 is 17.9 Å². The zero-order chi connectivity index (χ0) is 26.1. The summed E-state index contributed by atoms with van der Waals surface area (Å²) in [7, 11) is 0. The molecule has 0 spiro atoms. The lowest BCUT2D eigenvalue weighted by Gasteiger charge is -2.22. The summed E-state index contributed by atoms with van der Waals surface area (Å²) >= 11 is 0. The third-order valence-corrected chi connectivity index (χ3v) is 7.66. The van der Waals surface area contributed by atoms with E-state index >= 15 is 0 Å². The second-order valence-electron chi connectivity index (χ2n) is 10.4. The van der Waals surface area contributed by atoms with Crippen molar-refractivity contribution in [2.45, 2.75) is 52.0 Å². The second-order valence-corrected chi connectivity index (χ2v) is 10.4. The number of carboxylic acid groups (broad SMARTS) is 1. The number of hydrogen-bond donors (Lipinski definition) is 4. The average Bonchev–Trinajstić information content (AvgIpc) is 3.58. The molecule has 8 nitrogen and oxygen atoms in total. The number of aliphatic carboxylic acids is 1. The standard InChI is InChI=1S/C29H34N4O4/c1-17-12-25-21(13-19(17)6-5-11-33-9-3-4-10-33)14-22(31-25)16-24-23-8-7-20(15-26(23)32-28(24)35)27(34)30-18(2)29(36)37/h7-8,13-18,31H,3-6,9-12H2,1-2H3,(H,30,34)(H,32,35)(H,36,37)/b24-16-. The number of H-pyrrole nitrogens is 1. The third-order valence-electron chi connectivity index (χ3n) is 7.66. The van der Waals surface area contributed by atoms with E-state index in [0.29, 0.717) is 28.3 Å². The zero-order valence-corrected chi connectivity index (χ0v) is 21.4. The topological polar surface area (TPSA) is 115 Å². The van der Waals surface area contributed by atoms with Crippen LogP contribution in [-0.4, -0.2) is 58.5 Å². The molecule has 1 aromatic heterocycles. The van der Waals surface area contributed by atoms with E-state index in [9.17, 15) is 14.4 Å². The second kappa shape index (κ2) is 10.4. The zero-order valence-electron chi connectivity index (χ0n) is 21.4. The van der Waals surface area contributed by atoms with Crippen molar-refractivity contribution in [3.63, 3.8) is 0 Å². The molecule has 1 aliphatic carbocycles. The Morgan fingerprint density at radius 2 is 2.03 bits per heavy atom. The molecular formula is C29H34N4O4. The predicted molar refractivity (Wildman–Crippen MR) is 144 cm³/mol. The van der Waals surface area contributed by atoms with Gasteiger partial charge in [-0.1, -0.05) is 24.6 Å². The first-order valence-corrected chi connectivity index (χ1v) is 13.1. The van der Waals surface area contributed by atoms with Crippen LogP contribution in [0.1, 0.15) is 72.4 Å². The van der Waals surface area contributed by atoms with Crippen molar-refractivity contribution < 1.29 is 19.5 Å². The number of amides is 2. The van der Waals surface area contributed by atoms with Crippen molar-refractivity contribution in [3.05, 3.63) is 57.9 Å². The minimum Gasteiger partial charge on any atom is -0.480 e. The van der Waals surface area contributed by atoms with Gasteiger partial charge in [-0.15, -0.1) is 0 Å². The molecule has 194 valence electrons. The minimum absolute atomic E-state index is 0.231. The Kier molecular flexibility index (Phi) is 7.02. The van der Waals surface area contributed by atoms with E-state index in [1.165, 1.54) is 62.7 Å². The number of fused-ring (bicyclic) bond motifs is 2. The Labute approximate surface area is 216 Å². The van der Waals surface area contributed by atoms with Crippen LogP contribution in [-0.2, 0) is 16.0 Å². The Balaban J connectivity index is 1.31. The predicted octanol–water partition coefficient (Wildman–Crippen LogP) is 4.16. The normalized spacial score (nSPS) is 20.8. The van der Waals surface area contributed by atoms with Gasteiger partial charge in [-0.05, 0) is 94.4 Å². The summed E-state index contributed by atoms with van der Waals surface area (Å²) in [6, 6.07) is 6.01. The lowest BCUT2D eigenvalue weighted by Crippen LogP contribution is -2.38. The summed E-state index contributed by atoms with van der Waals surface area (Å²) in [5, 5.41) is 14.3. The van der Waals surface area contributed by atoms with Crippen LogP contribution in [0.15, 0.2) is 29.8 Å². The molecule has 5 rings (SSSR count). The number of carbonyl (C=O) groups excluding carboxylic acids is 2. The first kappa shape index (κ1) is 25.0. The number of allylic oxidation sites excluding steroid dienone is 1. The van der Waals surface area contributed by atoms with Crippen LogP contribution in [0.5, 0.6) is 0 Å². The summed E-state index contributed by atoms with van der Waals surface area (Å²) in [6.45, 7) is 7.35. The molecule has 8 heteroatoms. The van der Waals surface area contributed by atoms with E-state index in [4.69, 9.17) is 5.11 Å². The summed E-state index contributed by atoms with van der Waals surface area (Å²) < 4.78 is 0. The van der Waals surface area contributed by atoms with Crippen LogP contribution in [0.3, 0.4) is 0 Å². The molecule has 1 saturated heterocycles. The highest BCUT2D eigenvalue weighted by Gasteiger charge is 2.27. The fourth-order valence-electron chi connectivity index (χ4n) is 5.50. The number of aromatic amines is 1. The summed E-state index contributed by atoms with van der Waals surface area (Å²) in [6.07, 6.45) is 10.1. The molecule has 4 N–H and O–H groups in total. The molecule has 2 aromatic rings. The molecule has 37 heavy (non-hydrogen) atoms. The lowest BCUT2D eigenvalue weighted by molar-refractivity contribution is -0.138. The molecular weight excluding hydrogens is 468 g/mol. The fraction of sp³-hybridized carbons (Fsp3) is 0.414. The number of carboxylic acids is 1. The molecule has 2 aliphatic heterocycles. The van der Waals surface area contributed by atoms with Crippen LogP contribution in [0.25, 0.3) is 17.7 Å². The molecule has 3 heterocycles. The van der Waals surface area contributed by atoms with Gasteiger partial charge in [0.1, 0.15) is 6.04 Å². The largest absolute Gasteiger partial charge is 0.480 e. The van der Waals surface area contributed by atoms with Crippen LogP contribution in [0.4, 0.5) is 5.69 Å². The van der Waals surface area contributed by atoms with Crippen molar-refractivity contribution >= 4 is 41.2 Å². The van der Waals surface area contributed by atoms with E-state index in [1.807, 2.05) is 6.08 Å². The van der Waals surface area contributed by atoms with Gasteiger partial charge >= 0.3 is 5.97 Å². The number of nitrogens with one attached hydrogen (secondary N) is 3. The number of benzene rings is 1. The first-order valence-electron chi connectivity index (χ1n) is 13.1. The minimum atomic E-state index is -1.11. The van der Waals surface area contributed by atoms with Gasteiger partial charge in [0, 0.05) is 28.2 Å². The van der Waals surface area contributed by atoms with Crippen LogP contribution < -0.4 is 10.6 Å². The molecule has 0 bridgehead atoms.